The summed E-state index contributed by atoms with van der Waals surface area (Å²) in [5, 5.41) is 21.2. The number of benzene rings is 2. The van der Waals surface area contributed by atoms with E-state index in [1.165, 1.54) is 19.1 Å². The number of anilines is 1. The van der Waals surface area contributed by atoms with E-state index in [1.54, 1.807) is 11.9 Å². The minimum Gasteiger partial charge on any atom is -0.486 e. The van der Waals surface area contributed by atoms with Crippen molar-refractivity contribution in [2.45, 2.75) is 32.3 Å². The van der Waals surface area contributed by atoms with Crippen LogP contribution in [0.15, 0.2) is 42.5 Å². The Labute approximate surface area is 168 Å². The highest BCUT2D eigenvalue weighted by Gasteiger charge is 2.26. The fourth-order valence-corrected chi connectivity index (χ4v) is 2.95. The van der Waals surface area contributed by atoms with Gasteiger partial charge in [-0.2, -0.15) is 0 Å². The molecule has 1 N–H and O–H groups in total. The third kappa shape index (κ3) is 5.43. The summed E-state index contributed by atoms with van der Waals surface area (Å²) >= 11 is 6.05. The number of carbonyl (C=O) groups is 1. The number of aliphatic hydroxyl groups excluding tert-OH is 1. The van der Waals surface area contributed by atoms with Crippen LogP contribution in [0.2, 0.25) is 5.02 Å². The number of unbranched alkanes of at least 4 members (excludes halogenated alkanes) is 1. The lowest BCUT2D eigenvalue weighted by molar-refractivity contribution is -0.387. The van der Waals surface area contributed by atoms with Crippen LogP contribution in [0.5, 0.6) is 5.75 Å². The summed E-state index contributed by atoms with van der Waals surface area (Å²) in [5.74, 6) is -0.0795. The Kier molecular flexibility index (Phi) is 7.78. The normalized spacial score (nSPS) is 11.7. The molecule has 7 nitrogen and oxygen atoms in total. The number of nitrogens with zero attached hydrogens (tertiary/aromatic N) is 2. The summed E-state index contributed by atoms with van der Waals surface area (Å²) < 4.78 is 5.54. The second-order valence-electron chi connectivity index (χ2n) is 6.34. The van der Waals surface area contributed by atoms with E-state index in [0.29, 0.717) is 19.3 Å². The van der Waals surface area contributed by atoms with Crippen LogP contribution >= 0.6 is 11.6 Å². The Balaban J connectivity index is 1.91. The minimum absolute atomic E-state index is 0.0219. The third-order valence-corrected chi connectivity index (χ3v) is 4.59. The van der Waals surface area contributed by atoms with E-state index in [4.69, 9.17) is 16.3 Å². The average molecular weight is 407 g/mol. The van der Waals surface area contributed by atoms with Crippen molar-refractivity contribution in [1.82, 2.24) is 0 Å². The maximum atomic E-state index is 12.2. The lowest BCUT2D eigenvalue weighted by atomic mass is 10.1. The molecule has 8 heteroatoms. The molecule has 2 aromatic carbocycles. The molecule has 0 aliphatic carbocycles. The molecule has 28 heavy (non-hydrogen) atoms. The molecule has 0 aliphatic rings. The van der Waals surface area contributed by atoms with E-state index < -0.39 is 11.0 Å². The summed E-state index contributed by atoms with van der Waals surface area (Å²) in [7, 11) is 1.72. The number of nitro groups is 1. The molecule has 0 saturated heterocycles. The Morgan fingerprint density at radius 2 is 1.93 bits per heavy atom. The largest absolute Gasteiger partial charge is 0.486 e. The van der Waals surface area contributed by atoms with E-state index in [1.807, 2.05) is 30.3 Å². The zero-order valence-electron chi connectivity index (χ0n) is 15.8. The van der Waals surface area contributed by atoms with Crippen LogP contribution in [0.4, 0.5) is 11.4 Å². The fraction of sp³-hybridized carbons (Fsp3) is 0.350. The molecule has 0 saturated carbocycles. The molecule has 2 rings (SSSR count). The van der Waals surface area contributed by atoms with Gasteiger partial charge < -0.3 is 14.7 Å². The predicted octanol–water partition coefficient (Wildman–Crippen LogP) is 4.51. The number of rotatable bonds is 9. The van der Waals surface area contributed by atoms with Crippen LogP contribution in [0.3, 0.4) is 0 Å². The molecular weight excluding hydrogens is 384 g/mol. The number of hydrogen-bond donors (Lipinski definition) is 1. The first-order valence-electron chi connectivity index (χ1n) is 8.92. The maximum Gasteiger partial charge on any atom is 0.318 e. The topological polar surface area (TPSA) is 92.9 Å². The van der Waals surface area contributed by atoms with Crippen LogP contribution in [-0.4, -0.2) is 29.6 Å². The van der Waals surface area contributed by atoms with Gasteiger partial charge in [-0.3, -0.25) is 14.9 Å². The van der Waals surface area contributed by atoms with Gasteiger partial charge in [0, 0.05) is 19.2 Å². The number of nitro benzene ring substituents is 1. The van der Waals surface area contributed by atoms with Gasteiger partial charge in [0.15, 0.2) is 0 Å². The summed E-state index contributed by atoms with van der Waals surface area (Å²) in [6.45, 7) is 1.61. The molecule has 1 unspecified atom stereocenters. The molecule has 0 bridgehead atoms. The highest BCUT2D eigenvalue weighted by molar-refractivity contribution is 6.32. The molecule has 0 fully saturated rings. The molecule has 0 heterocycles. The van der Waals surface area contributed by atoms with Gasteiger partial charge in [0.25, 0.3) is 0 Å². The van der Waals surface area contributed by atoms with Crippen molar-refractivity contribution in [1.29, 1.82) is 0 Å². The highest BCUT2D eigenvalue weighted by Crippen LogP contribution is 2.40. The SMILES string of the molecule is CC(O)c1ccc(Cl)c(OCCCCC(=O)N(C)c2ccccc2)c1[N+](=O)[O-]. The standard InChI is InChI=1S/C20H23ClN2O5/c1-14(24)16-11-12-17(21)20(19(16)23(26)27)28-13-7-6-10-18(25)22(2)15-8-4-3-5-9-15/h3-5,8-9,11-12,14,24H,6-7,10,13H2,1-2H3. The Morgan fingerprint density at radius 1 is 1.25 bits per heavy atom. The van der Waals surface area contributed by atoms with Gasteiger partial charge >= 0.3 is 5.69 Å². The molecule has 150 valence electrons. The fourth-order valence-electron chi connectivity index (χ4n) is 2.74. The number of para-hydroxylation sites is 1. The summed E-state index contributed by atoms with van der Waals surface area (Å²) in [6.07, 6.45) is 0.405. The van der Waals surface area contributed by atoms with E-state index in [0.717, 1.165) is 5.69 Å². The van der Waals surface area contributed by atoms with Gasteiger partial charge in [-0.15, -0.1) is 0 Å². The second-order valence-corrected chi connectivity index (χ2v) is 6.75. The highest BCUT2D eigenvalue weighted by atomic mass is 35.5. The third-order valence-electron chi connectivity index (χ3n) is 4.30. The van der Waals surface area contributed by atoms with E-state index in [2.05, 4.69) is 0 Å². The van der Waals surface area contributed by atoms with Gasteiger partial charge in [0.1, 0.15) is 0 Å². The van der Waals surface area contributed by atoms with Crippen molar-refractivity contribution in [3.63, 3.8) is 0 Å². The predicted molar refractivity (Wildman–Crippen MR) is 108 cm³/mol. The molecule has 2 aromatic rings. The number of carbonyl (C=O) groups excluding carboxylic acids is 1. The van der Waals surface area contributed by atoms with Crippen molar-refractivity contribution in [2.75, 3.05) is 18.6 Å². The maximum absolute atomic E-state index is 12.2. The van der Waals surface area contributed by atoms with Gasteiger partial charge in [0.2, 0.25) is 11.7 Å². The number of hydrogen-bond acceptors (Lipinski definition) is 5. The smallest absolute Gasteiger partial charge is 0.318 e. The first-order valence-corrected chi connectivity index (χ1v) is 9.30. The van der Waals surface area contributed by atoms with Gasteiger partial charge in [-0.25, -0.2) is 0 Å². The molecule has 0 radical (unpaired) electrons. The number of aliphatic hydroxyl groups is 1. The molecule has 0 aromatic heterocycles. The second kappa shape index (κ2) is 10.1. The first-order chi connectivity index (χ1) is 13.3. The van der Waals surface area contributed by atoms with Gasteiger partial charge in [-0.05, 0) is 44.0 Å². The molecule has 0 aliphatic heterocycles. The van der Waals surface area contributed by atoms with E-state index in [-0.39, 0.29) is 34.5 Å². The average Bonchev–Trinajstić information content (AvgIpc) is 2.68. The van der Waals surface area contributed by atoms with Crippen molar-refractivity contribution in [3.8, 4) is 5.75 Å². The van der Waals surface area contributed by atoms with Crippen molar-refractivity contribution in [3.05, 3.63) is 63.2 Å². The first kappa shape index (κ1) is 21.7. The molecular formula is C20H23ClN2O5. The summed E-state index contributed by atoms with van der Waals surface area (Å²) in [4.78, 5) is 24.6. The summed E-state index contributed by atoms with van der Waals surface area (Å²) in [5.41, 5.74) is 0.632. The lowest BCUT2D eigenvalue weighted by Gasteiger charge is -2.17. The van der Waals surface area contributed by atoms with Crippen molar-refractivity contribution >= 4 is 28.9 Å². The van der Waals surface area contributed by atoms with Gasteiger partial charge in [-0.1, -0.05) is 29.8 Å². The number of amides is 1. The summed E-state index contributed by atoms with van der Waals surface area (Å²) in [6, 6.07) is 12.2. The van der Waals surface area contributed by atoms with Crippen molar-refractivity contribution in [2.24, 2.45) is 0 Å². The van der Waals surface area contributed by atoms with Crippen molar-refractivity contribution < 1.29 is 19.6 Å². The van der Waals surface area contributed by atoms with Crippen LogP contribution < -0.4 is 9.64 Å². The van der Waals surface area contributed by atoms with E-state index >= 15 is 0 Å². The Bertz CT molecular complexity index is 827. The molecule has 0 spiro atoms. The molecule has 1 amide bonds. The number of ether oxygens (including phenoxy) is 1. The van der Waals surface area contributed by atoms with Crippen LogP contribution in [0, 0.1) is 10.1 Å². The quantitative estimate of drug-likeness (QED) is 0.375. The lowest BCUT2D eigenvalue weighted by Crippen LogP contribution is -2.25. The van der Waals surface area contributed by atoms with Crippen LogP contribution in [0.25, 0.3) is 0 Å². The Hall–Kier alpha value is -2.64. The molecule has 1 atom stereocenters. The van der Waals surface area contributed by atoms with Crippen LogP contribution in [0.1, 0.15) is 37.9 Å². The minimum atomic E-state index is -1.02. The van der Waals surface area contributed by atoms with E-state index in [9.17, 15) is 20.0 Å². The monoisotopic (exact) mass is 406 g/mol. The number of halogens is 1. The van der Waals surface area contributed by atoms with Crippen LogP contribution in [-0.2, 0) is 4.79 Å². The van der Waals surface area contributed by atoms with Gasteiger partial charge in [0.05, 0.1) is 28.2 Å². The zero-order valence-corrected chi connectivity index (χ0v) is 16.6. The zero-order chi connectivity index (χ0) is 20.7. The Morgan fingerprint density at radius 3 is 2.54 bits per heavy atom.